The van der Waals surface area contributed by atoms with Gasteiger partial charge in [0, 0.05) is 24.8 Å². The fourth-order valence-corrected chi connectivity index (χ4v) is 1.74. The zero-order valence-corrected chi connectivity index (χ0v) is 12.5. The first-order valence-electron chi connectivity index (χ1n) is 6.36. The Kier molecular flexibility index (Phi) is 11.6. The smallest absolute Gasteiger partial charge is 0.0478 e. The minimum absolute atomic E-state index is 0. The second-order valence-electron chi connectivity index (χ2n) is 4.13. The topological polar surface area (TPSA) is 21.3 Å². The minimum Gasteiger partial charge on any atom is -0.381 e. The Labute approximate surface area is 121 Å². The lowest BCUT2D eigenvalue weighted by Crippen LogP contribution is -2.16. The molecule has 1 rings (SSSR count). The number of hydrogen-bond donors (Lipinski definition) is 1. The molecule has 0 bridgehead atoms. The SMILES string of the molecule is CCCCOCCCNCc1cccc(Cl)c1.Cl. The predicted octanol–water partition coefficient (Wildman–Crippen LogP) is 4.06. The maximum atomic E-state index is 5.91. The fourth-order valence-electron chi connectivity index (χ4n) is 1.53. The molecule has 0 saturated carbocycles. The van der Waals surface area contributed by atoms with Crippen molar-refractivity contribution in [3.05, 3.63) is 34.9 Å². The molecular weight excluding hydrogens is 269 g/mol. The van der Waals surface area contributed by atoms with E-state index in [4.69, 9.17) is 16.3 Å². The summed E-state index contributed by atoms with van der Waals surface area (Å²) in [5, 5.41) is 4.18. The van der Waals surface area contributed by atoms with E-state index in [1.807, 2.05) is 18.2 Å². The summed E-state index contributed by atoms with van der Waals surface area (Å²) in [7, 11) is 0. The normalized spacial score (nSPS) is 10.1. The average molecular weight is 292 g/mol. The van der Waals surface area contributed by atoms with Crippen LogP contribution in [0.25, 0.3) is 0 Å². The maximum Gasteiger partial charge on any atom is 0.0478 e. The molecule has 4 heteroatoms. The van der Waals surface area contributed by atoms with Gasteiger partial charge in [0.2, 0.25) is 0 Å². The van der Waals surface area contributed by atoms with Crippen LogP contribution in [0.2, 0.25) is 5.02 Å². The predicted molar refractivity (Wildman–Crippen MR) is 80.8 cm³/mol. The molecule has 104 valence electrons. The fraction of sp³-hybridized carbons (Fsp3) is 0.571. The molecule has 0 amide bonds. The number of halogens is 2. The molecule has 0 radical (unpaired) electrons. The van der Waals surface area contributed by atoms with Crippen LogP contribution in [0, 0.1) is 0 Å². The summed E-state index contributed by atoms with van der Waals surface area (Å²) in [5.41, 5.74) is 1.23. The van der Waals surface area contributed by atoms with E-state index in [1.54, 1.807) is 0 Å². The zero-order chi connectivity index (χ0) is 12.3. The van der Waals surface area contributed by atoms with Crippen LogP contribution < -0.4 is 5.32 Å². The largest absolute Gasteiger partial charge is 0.381 e. The molecule has 0 heterocycles. The highest BCUT2D eigenvalue weighted by molar-refractivity contribution is 6.30. The number of unbranched alkanes of at least 4 members (excludes halogenated alkanes) is 1. The molecule has 0 aliphatic carbocycles. The first-order valence-corrected chi connectivity index (χ1v) is 6.73. The molecule has 0 aliphatic rings. The Morgan fingerprint density at radius 3 is 2.72 bits per heavy atom. The lowest BCUT2D eigenvalue weighted by Gasteiger charge is -2.06. The first kappa shape index (κ1) is 17.7. The molecule has 1 aromatic carbocycles. The number of ether oxygens (including phenoxy) is 1. The van der Waals surface area contributed by atoms with Crippen LogP contribution in [0.1, 0.15) is 31.7 Å². The third kappa shape index (κ3) is 8.76. The van der Waals surface area contributed by atoms with E-state index >= 15 is 0 Å². The lowest BCUT2D eigenvalue weighted by molar-refractivity contribution is 0.129. The molecule has 1 N–H and O–H groups in total. The Bertz CT molecular complexity index is 308. The third-order valence-corrected chi connectivity index (χ3v) is 2.74. The summed E-state index contributed by atoms with van der Waals surface area (Å²) < 4.78 is 5.48. The van der Waals surface area contributed by atoms with Crippen molar-refractivity contribution in [2.45, 2.75) is 32.7 Å². The van der Waals surface area contributed by atoms with Gasteiger partial charge in [-0.3, -0.25) is 0 Å². The molecule has 0 saturated heterocycles. The quantitative estimate of drug-likeness (QED) is 0.693. The van der Waals surface area contributed by atoms with Gasteiger partial charge in [0.15, 0.2) is 0 Å². The van der Waals surface area contributed by atoms with E-state index in [9.17, 15) is 0 Å². The molecule has 1 aromatic rings. The number of rotatable bonds is 9. The summed E-state index contributed by atoms with van der Waals surface area (Å²) in [4.78, 5) is 0. The van der Waals surface area contributed by atoms with Gasteiger partial charge in [-0.2, -0.15) is 0 Å². The van der Waals surface area contributed by atoms with Crippen LogP contribution >= 0.6 is 24.0 Å². The number of benzene rings is 1. The van der Waals surface area contributed by atoms with Crippen LogP contribution in [0.3, 0.4) is 0 Å². The van der Waals surface area contributed by atoms with E-state index in [0.29, 0.717) is 0 Å². The highest BCUT2D eigenvalue weighted by atomic mass is 35.5. The van der Waals surface area contributed by atoms with Crippen LogP contribution in [-0.2, 0) is 11.3 Å². The van der Waals surface area contributed by atoms with E-state index in [2.05, 4.69) is 18.3 Å². The van der Waals surface area contributed by atoms with Crippen molar-refractivity contribution in [2.75, 3.05) is 19.8 Å². The van der Waals surface area contributed by atoms with Crippen molar-refractivity contribution in [1.29, 1.82) is 0 Å². The Morgan fingerprint density at radius 2 is 2.00 bits per heavy atom. The van der Waals surface area contributed by atoms with Gasteiger partial charge in [0.05, 0.1) is 0 Å². The van der Waals surface area contributed by atoms with E-state index in [1.165, 1.54) is 12.0 Å². The second kappa shape index (κ2) is 11.8. The van der Waals surface area contributed by atoms with Crippen LogP contribution in [0.15, 0.2) is 24.3 Å². The standard InChI is InChI=1S/C14H22ClNO.ClH/c1-2-3-9-17-10-5-8-16-12-13-6-4-7-14(15)11-13;/h4,6-7,11,16H,2-3,5,8-10,12H2,1H3;1H. The molecule has 0 aromatic heterocycles. The van der Waals surface area contributed by atoms with Gasteiger partial charge in [-0.25, -0.2) is 0 Å². The monoisotopic (exact) mass is 291 g/mol. The van der Waals surface area contributed by atoms with Gasteiger partial charge in [-0.1, -0.05) is 37.1 Å². The van der Waals surface area contributed by atoms with Gasteiger partial charge in [-0.15, -0.1) is 12.4 Å². The van der Waals surface area contributed by atoms with Crippen molar-refractivity contribution in [3.8, 4) is 0 Å². The Morgan fingerprint density at radius 1 is 1.22 bits per heavy atom. The molecule has 0 unspecified atom stereocenters. The highest BCUT2D eigenvalue weighted by Crippen LogP contribution is 2.10. The lowest BCUT2D eigenvalue weighted by atomic mass is 10.2. The zero-order valence-electron chi connectivity index (χ0n) is 11.0. The molecule has 18 heavy (non-hydrogen) atoms. The molecule has 2 nitrogen and oxygen atoms in total. The molecule has 0 atom stereocenters. The van der Waals surface area contributed by atoms with Crippen molar-refractivity contribution in [3.63, 3.8) is 0 Å². The van der Waals surface area contributed by atoms with E-state index in [0.717, 1.165) is 44.2 Å². The Hall–Kier alpha value is -0.280. The van der Waals surface area contributed by atoms with Gasteiger partial charge in [-0.05, 0) is 37.1 Å². The van der Waals surface area contributed by atoms with Crippen molar-refractivity contribution < 1.29 is 4.74 Å². The summed E-state index contributed by atoms with van der Waals surface area (Å²) in [5.74, 6) is 0. The first-order chi connectivity index (χ1) is 8.33. The molecule has 0 spiro atoms. The van der Waals surface area contributed by atoms with Gasteiger partial charge < -0.3 is 10.1 Å². The second-order valence-corrected chi connectivity index (χ2v) is 4.56. The minimum atomic E-state index is 0. The summed E-state index contributed by atoms with van der Waals surface area (Å²) in [6.45, 7) is 5.78. The summed E-state index contributed by atoms with van der Waals surface area (Å²) >= 11 is 5.91. The van der Waals surface area contributed by atoms with Crippen LogP contribution in [0.5, 0.6) is 0 Å². The van der Waals surface area contributed by atoms with Crippen LogP contribution in [-0.4, -0.2) is 19.8 Å². The maximum absolute atomic E-state index is 5.91. The van der Waals surface area contributed by atoms with Crippen molar-refractivity contribution in [2.24, 2.45) is 0 Å². The van der Waals surface area contributed by atoms with Gasteiger partial charge in [0.25, 0.3) is 0 Å². The van der Waals surface area contributed by atoms with Crippen LogP contribution in [0.4, 0.5) is 0 Å². The number of hydrogen-bond acceptors (Lipinski definition) is 2. The van der Waals surface area contributed by atoms with Crippen molar-refractivity contribution in [1.82, 2.24) is 5.32 Å². The highest BCUT2D eigenvalue weighted by Gasteiger charge is 1.94. The average Bonchev–Trinajstić information content (AvgIpc) is 2.33. The molecular formula is C14H23Cl2NO. The Balaban J connectivity index is 0.00000289. The van der Waals surface area contributed by atoms with E-state index in [-0.39, 0.29) is 12.4 Å². The summed E-state index contributed by atoms with van der Waals surface area (Å²) in [6.07, 6.45) is 3.42. The van der Waals surface area contributed by atoms with E-state index < -0.39 is 0 Å². The molecule has 0 aliphatic heterocycles. The van der Waals surface area contributed by atoms with Gasteiger partial charge >= 0.3 is 0 Å². The van der Waals surface area contributed by atoms with Gasteiger partial charge in [0.1, 0.15) is 0 Å². The molecule has 0 fully saturated rings. The number of nitrogens with one attached hydrogen (secondary N) is 1. The summed E-state index contributed by atoms with van der Waals surface area (Å²) in [6, 6.07) is 7.95. The third-order valence-electron chi connectivity index (χ3n) is 2.50. The van der Waals surface area contributed by atoms with Crippen molar-refractivity contribution >= 4 is 24.0 Å².